The number of hydrogen-bond donors (Lipinski definition) is 2. The zero-order valence-corrected chi connectivity index (χ0v) is 8.89. The van der Waals surface area contributed by atoms with Crippen molar-refractivity contribution in [2.24, 2.45) is 5.73 Å². The van der Waals surface area contributed by atoms with Gasteiger partial charge in [-0.2, -0.15) is 0 Å². The van der Waals surface area contributed by atoms with Gasteiger partial charge in [0.05, 0.1) is 17.7 Å². The summed E-state index contributed by atoms with van der Waals surface area (Å²) in [7, 11) is 0. The van der Waals surface area contributed by atoms with E-state index in [1.54, 1.807) is 0 Å². The van der Waals surface area contributed by atoms with Crippen LogP contribution < -0.4 is 11.1 Å². The van der Waals surface area contributed by atoms with E-state index in [-0.39, 0.29) is 5.60 Å². The first-order chi connectivity index (χ1) is 5.77. The first kappa shape index (κ1) is 12.4. The normalized spacial score (nSPS) is 16.4. The van der Waals surface area contributed by atoms with Crippen LogP contribution in [0, 0.1) is 0 Å². The van der Waals surface area contributed by atoms with Crippen molar-refractivity contribution < 1.29 is 9.53 Å². The van der Waals surface area contributed by atoms with E-state index < -0.39 is 5.54 Å². The van der Waals surface area contributed by atoms with E-state index in [2.05, 4.69) is 5.32 Å². The summed E-state index contributed by atoms with van der Waals surface area (Å²) in [6, 6.07) is 0. The number of rotatable bonds is 5. The maximum Gasteiger partial charge on any atom is 0.207 e. The molecule has 1 atom stereocenters. The van der Waals surface area contributed by atoms with Gasteiger partial charge >= 0.3 is 0 Å². The third-order valence-electron chi connectivity index (χ3n) is 1.42. The van der Waals surface area contributed by atoms with Gasteiger partial charge in [-0.25, -0.2) is 0 Å². The second kappa shape index (κ2) is 4.58. The van der Waals surface area contributed by atoms with Crippen LogP contribution in [0.1, 0.15) is 27.7 Å². The SMILES string of the molecule is CC(N)(CNC=O)COC(C)(C)C. The van der Waals surface area contributed by atoms with Crippen molar-refractivity contribution in [1.82, 2.24) is 5.32 Å². The maximum atomic E-state index is 10.0. The standard InChI is InChI=1S/C9H20N2O2/c1-8(2,3)13-6-9(4,10)5-11-7-12/h7H,5-6,10H2,1-4H3,(H,11,12). The highest BCUT2D eigenvalue weighted by Gasteiger charge is 2.21. The predicted octanol–water partition coefficient (Wildman–Crippen LogP) is 0.265. The summed E-state index contributed by atoms with van der Waals surface area (Å²) in [5, 5.41) is 2.54. The molecule has 0 radical (unpaired) electrons. The van der Waals surface area contributed by atoms with E-state index in [0.29, 0.717) is 19.6 Å². The maximum absolute atomic E-state index is 10.0. The average Bonchev–Trinajstić information content (AvgIpc) is 1.97. The Bertz CT molecular complexity index is 161. The van der Waals surface area contributed by atoms with Gasteiger partial charge in [-0.1, -0.05) is 0 Å². The van der Waals surface area contributed by atoms with Crippen LogP contribution >= 0.6 is 0 Å². The van der Waals surface area contributed by atoms with Crippen LogP contribution in [-0.4, -0.2) is 30.7 Å². The van der Waals surface area contributed by atoms with Gasteiger partial charge in [0.15, 0.2) is 0 Å². The number of carbonyl (C=O) groups is 1. The highest BCUT2D eigenvalue weighted by molar-refractivity contribution is 5.46. The van der Waals surface area contributed by atoms with E-state index in [0.717, 1.165) is 0 Å². The topological polar surface area (TPSA) is 64.3 Å². The fourth-order valence-electron chi connectivity index (χ4n) is 0.707. The molecule has 0 heterocycles. The van der Waals surface area contributed by atoms with Gasteiger partial charge in [0.2, 0.25) is 6.41 Å². The Labute approximate surface area is 79.8 Å². The van der Waals surface area contributed by atoms with Crippen molar-refractivity contribution in [3.8, 4) is 0 Å². The lowest BCUT2D eigenvalue weighted by Gasteiger charge is -2.29. The molecule has 0 saturated carbocycles. The fourth-order valence-corrected chi connectivity index (χ4v) is 0.707. The second-order valence-corrected chi connectivity index (χ2v) is 4.55. The van der Waals surface area contributed by atoms with Gasteiger partial charge in [-0.05, 0) is 27.7 Å². The van der Waals surface area contributed by atoms with E-state index in [1.807, 2.05) is 27.7 Å². The molecule has 0 rings (SSSR count). The lowest BCUT2D eigenvalue weighted by atomic mass is 10.1. The van der Waals surface area contributed by atoms with Crippen LogP contribution in [0.25, 0.3) is 0 Å². The molecular weight excluding hydrogens is 168 g/mol. The van der Waals surface area contributed by atoms with Gasteiger partial charge in [-0.15, -0.1) is 0 Å². The monoisotopic (exact) mass is 188 g/mol. The molecule has 0 aliphatic carbocycles. The van der Waals surface area contributed by atoms with Gasteiger partial charge in [-0.3, -0.25) is 4.79 Å². The first-order valence-corrected chi connectivity index (χ1v) is 4.37. The number of nitrogens with two attached hydrogens (primary N) is 1. The summed E-state index contributed by atoms with van der Waals surface area (Å²) in [5.41, 5.74) is 5.17. The minimum atomic E-state index is -0.506. The third kappa shape index (κ3) is 7.74. The van der Waals surface area contributed by atoms with Crippen LogP contribution in [0.15, 0.2) is 0 Å². The summed E-state index contributed by atoms with van der Waals surface area (Å²) < 4.78 is 5.51. The minimum Gasteiger partial charge on any atom is -0.374 e. The molecule has 1 unspecified atom stereocenters. The smallest absolute Gasteiger partial charge is 0.207 e. The summed E-state index contributed by atoms with van der Waals surface area (Å²) in [4.78, 5) is 10.0. The Kier molecular flexibility index (Phi) is 4.36. The van der Waals surface area contributed by atoms with Crippen molar-refractivity contribution in [1.29, 1.82) is 0 Å². The highest BCUT2D eigenvalue weighted by Crippen LogP contribution is 2.10. The van der Waals surface area contributed by atoms with Crippen LogP contribution in [0.3, 0.4) is 0 Å². The van der Waals surface area contributed by atoms with Crippen LogP contribution in [0.2, 0.25) is 0 Å². The molecular formula is C9H20N2O2. The van der Waals surface area contributed by atoms with Crippen LogP contribution in [-0.2, 0) is 9.53 Å². The zero-order valence-electron chi connectivity index (χ0n) is 8.89. The molecule has 0 aliphatic heterocycles. The lowest BCUT2D eigenvalue weighted by Crippen LogP contribution is -2.50. The Morgan fingerprint density at radius 3 is 2.31 bits per heavy atom. The van der Waals surface area contributed by atoms with Crippen LogP contribution in [0.5, 0.6) is 0 Å². The number of carbonyl (C=O) groups excluding carboxylic acids is 1. The molecule has 78 valence electrons. The molecule has 0 fully saturated rings. The van der Waals surface area contributed by atoms with Gasteiger partial charge < -0.3 is 15.8 Å². The highest BCUT2D eigenvalue weighted by atomic mass is 16.5. The van der Waals surface area contributed by atoms with E-state index in [9.17, 15) is 4.79 Å². The van der Waals surface area contributed by atoms with Crippen molar-refractivity contribution in [2.75, 3.05) is 13.2 Å². The largest absolute Gasteiger partial charge is 0.374 e. The molecule has 13 heavy (non-hydrogen) atoms. The molecule has 4 nitrogen and oxygen atoms in total. The molecule has 0 aromatic heterocycles. The molecule has 4 heteroatoms. The van der Waals surface area contributed by atoms with E-state index >= 15 is 0 Å². The van der Waals surface area contributed by atoms with Gasteiger partial charge in [0, 0.05) is 6.54 Å². The third-order valence-corrected chi connectivity index (χ3v) is 1.42. The summed E-state index contributed by atoms with van der Waals surface area (Å²) >= 11 is 0. The Morgan fingerprint density at radius 1 is 1.38 bits per heavy atom. The summed E-state index contributed by atoms with van der Waals surface area (Å²) in [5.74, 6) is 0. The molecule has 0 aliphatic rings. The summed E-state index contributed by atoms with van der Waals surface area (Å²) in [6.45, 7) is 8.60. The molecule has 0 spiro atoms. The van der Waals surface area contributed by atoms with E-state index in [4.69, 9.17) is 10.5 Å². The number of nitrogens with one attached hydrogen (secondary N) is 1. The molecule has 0 bridgehead atoms. The Morgan fingerprint density at radius 2 is 1.92 bits per heavy atom. The molecule has 0 aromatic carbocycles. The van der Waals surface area contributed by atoms with Crippen molar-refractivity contribution >= 4 is 6.41 Å². The van der Waals surface area contributed by atoms with Gasteiger partial charge in [0.25, 0.3) is 0 Å². The number of hydrogen-bond acceptors (Lipinski definition) is 3. The quantitative estimate of drug-likeness (QED) is 0.608. The molecule has 1 amide bonds. The number of amides is 1. The number of ether oxygens (including phenoxy) is 1. The second-order valence-electron chi connectivity index (χ2n) is 4.55. The molecule has 0 aromatic rings. The van der Waals surface area contributed by atoms with E-state index in [1.165, 1.54) is 0 Å². The van der Waals surface area contributed by atoms with Crippen LogP contribution in [0.4, 0.5) is 0 Å². The fraction of sp³-hybridized carbons (Fsp3) is 0.889. The Hall–Kier alpha value is -0.610. The summed E-state index contributed by atoms with van der Waals surface area (Å²) in [6.07, 6.45) is 0.641. The first-order valence-electron chi connectivity index (χ1n) is 4.37. The molecule has 0 saturated heterocycles. The Balaban J connectivity index is 3.81. The van der Waals surface area contributed by atoms with Crippen molar-refractivity contribution in [3.05, 3.63) is 0 Å². The zero-order chi connectivity index (χ0) is 10.5. The average molecular weight is 188 g/mol. The van der Waals surface area contributed by atoms with Gasteiger partial charge in [0.1, 0.15) is 0 Å². The molecule has 3 N–H and O–H groups in total. The van der Waals surface area contributed by atoms with Crippen molar-refractivity contribution in [2.45, 2.75) is 38.8 Å². The van der Waals surface area contributed by atoms with Crippen molar-refractivity contribution in [3.63, 3.8) is 0 Å². The predicted molar refractivity (Wildman–Crippen MR) is 52.4 cm³/mol. The minimum absolute atomic E-state index is 0.193. The lowest BCUT2D eigenvalue weighted by molar-refractivity contribution is -0.110.